The van der Waals surface area contributed by atoms with Crippen LogP contribution < -0.4 is 5.43 Å². The number of hydrogen-bond acceptors (Lipinski definition) is 3. The summed E-state index contributed by atoms with van der Waals surface area (Å²) in [6, 6.07) is 13.7. The Labute approximate surface area is 98.0 Å². The van der Waals surface area contributed by atoms with Crippen LogP contribution in [0.5, 0.6) is 5.75 Å². The van der Waals surface area contributed by atoms with Gasteiger partial charge in [0.15, 0.2) is 11.2 Å². The minimum atomic E-state index is -0.307. The summed E-state index contributed by atoms with van der Waals surface area (Å²) in [6.45, 7) is 0. The summed E-state index contributed by atoms with van der Waals surface area (Å²) in [5.41, 5.74) is 0.340. The first-order valence-corrected chi connectivity index (χ1v) is 5.11. The van der Waals surface area contributed by atoms with Gasteiger partial charge in [-0.3, -0.25) is 9.59 Å². The van der Waals surface area contributed by atoms with Gasteiger partial charge in [0.25, 0.3) is 0 Å². The Morgan fingerprint density at radius 3 is 2.24 bits per heavy atom. The fourth-order valence-electron chi connectivity index (χ4n) is 1.49. The number of ketones is 1. The van der Waals surface area contributed by atoms with E-state index in [0.29, 0.717) is 5.56 Å². The van der Waals surface area contributed by atoms with Gasteiger partial charge in [0, 0.05) is 5.56 Å². The predicted octanol–water partition coefficient (Wildman–Crippen LogP) is 1.98. The van der Waals surface area contributed by atoms with Crippen LogP contribution in [0.2, 0.25) is 0 Å². The molecule has 2 aromatic rings. The van der Waals surface area contributed by atoms with Gasteiger partial charge >= 0.3 is 0 Å². The van der Waals surface area contributed by atoms with Crippen LogP contribution in [0.1, 0.15) is 15.9 Å². The normalized spacial score (nSPS) is 9.88. The highest BCUT2D eigenvalue weighted by Gasteiger charge is 2.11. The molecule has 84 valence electrons. The van der Waals surface area contributed by atoms with Crippen molar-refractivity contribution in [1.82, 2.24) is 0 Å². The number of rotatable bonds is 2. The quantitative estimate of drug-likeness (QED) is 0.796. The molecule has 3 heteroatoms. The highest BCUT2D eigenvalue weighted by molar-refractivity contribution is 6.10. The molecule has 2 aromatic carbocycles. The molecule has 0 fully saturated rings. The van der Waals surface area contributed by atoms with Crippen LogP contribution in [0.15, 0.2) is 59.4 Å². The number of carbonyl (C=O) groups excluding carboxylic acids is 1. The molecule has 0 saturated heterocycles. The third-order valence-corrected chi connectivity index (χ3v) is 2.38. The lowest BCUT2D eigenvalue weighted by Crippen LogP contribution is -2.00. The maximum absolute atomic E-state index is 12.1. The van der Waals surface area contributed by atoms with Gasteiger partial charge in [0.1, 0.15) is 5.75 Å². The van der Waals surface area contributed by atoms with Crippen molar-refractivity contribution in [3.63, 3.8) is 0 Å². The molecule has 3 nitrogen and oxygen atoms in total. The molecule has 0 aliphatic rings. The van der Waals surface area contributed by atoms with Gasteiger partial charge in [-0.2, -0.15) is 0 Å². The SMILES string of the molecule is O=C(c1ccccc1)c1ccc(=O)ccc1O. The minimum Gasteiger partial charge on any atom is -0.507 e. The number of benzene rings is 1. The zero-order valence-corrected chi connectivity index (χ0v) is 8.96. The van der Waals surface area contributed by atoms with Gasteiger partial charge in [-0.25, -0.2) is 0 Å². The fourth-order valence-corrected chi connectivity index (χ4v) is 1.49. The van der Waals surface area contributed by atoms with E-state index in [0.717, 1.165) is 0 Å². The lowest BCUT2D eigenvalue weighted by atomic mass is 10.0. The third-order valence-electron chi connectivity index (χ3n) is 2.38. The lowest BCUT2D eigenvalue weighted by Gasteiger charge is -2.00. The summed E-state index contributed by atoms with van der Waals surface area (Å²) < 4.78 is 0. The van der Waals surface area contributed by atoms with Crippen molar-refractivity contribution in [3.05, 3.63) is 75.9 Å². The molecular weight excluding hydrogens is 216 g/mol. The van der Waals surface area contributed by atoms with E-state index >= 15 is 0 Å². The van der Waals surface area contributed by atoms with E-state index in [4.69, 9.17) is 0 Å². The number of aromatic hydroxyl groups is 1. The molecule has 17 heavy (non-hydrogen) atoms. The minimum absolute atomic E-state index is 0.123. The highest BCUT2D eigenvalue weighted by Crippen LogP contribution is 2.17. The summed E-state index contributed by atoms with van der Waals surface area (Å²) in [5, 5.41) is 9.67. The molecule has 0 aliphatic carbocycles. The van der Waals surface area contributed by atoms with Crippen molar-refractivity contribution in [2.45, 2.75) is 0 Å². The Morgan fingerprint density at radius 1 is 0.882 bits per heavy atom. The van der Waals surface area contributed by atoms with Crippen LogP contribution in [0, 0.1) is 0 Å². The van der Waals surface area contributed by atoms with Gasteiger partial charge in [-0.1, -0.05) is 30.3 Å². The third kappa shape index (κ3) is 2.39. The Hall–Kier alpha value is -2.42. The van der Waals surface area contributed by atoms with Gasteiger partial charge < -0.3 is 5.11 Å². The monoisotopic (exact) mass is 226 g/mol. The molecule has 0 radical (unpaired) electrons. The van der Waals surface area contributed by atoms with Crippen molar-refractivity contribution < 1.29 is 9.90 Å². The smallest absolute Gasteiger partial charge is 0.196 e. The van der Waals surface area contributed by atoms with Gasteiger partial charge in [0.05, 0.1) is 5.56 Å². The summed E-state index contributed by atoms with van der Waals surface area (Å²) in [7, 11) is 0. The first kappa shape index (κ1) is 11.1. The van der Waals surface area contributed by atoms with E-state index in [1.807, 2.05) is 0 Å². The maximum Gasteiger partial charge on any atom is 0.196 e. The molecule has 0 amide bonds. The topological polar surface area (TPSA) is 54.4 Å². The summed E-state index contributed by atoms with van der Waals surface area (Å²) in [6.07, 6.45) is 0. The van der Waals surface area contributed by atoms with Crippen LogP contribution in [-0.4, -0.2) is 10.9 Å². The van der Waals surface area contributed by atoms with Crippen molar-refractivity contribution in [2.24, 2.45) is 0 Å². The molecule has 0 unspecified atom stereocenters. The van der Waals surface area contributed by atoms with E-state index in [2.05, 4.69) is 0 Å². The number of hydrogen-bond donors (Lipinski definition) is 1. The molecular formula is C14H10O3. The average molecular weight is 226 g/mol. The van der Waals surface area contributed by atoms with Crippen molar-refractivity contribution in [2.75, 3.05) is 0 Å². The second-order valence-corrected chi connectivity index (χ2v) is 3.56. The second-order valence-electron chi connectivity index (χ2n) is 3.56. The number of carbonyl (C=O) groups is 1. The van der Waals surface area contributed by atoms with E-state index < -0.39 is 0 Å². The second kappa shape index (κ2) is 4.61. The molecule has 0 spiro atoms. The van der Waals surface area contributed by atoms with Gasteiger partial charge in [-0.05, 0) is 24.3 Å². The van der Waals surface area contributed by atoms with Crippen molar-refractivity contribution in [1.29, 1.82) is 0 Å². The van der Waals surface area contributed by atoms with E-state index in [1.54, 1.807) is 30.3 Å². The Morgan fingerprint density at radius 2 is 1.53 bits per heavy atom. The zero-order chi connectivity index (χ0) is 12.3. The molecule has 0 aromatic heterocycles. The molecule has 0 heterocycles. The Bertz CT molecular complexity index is 603. The van der Waals surface area contributed by atoms with Gasteiger partial charge in [0.2, 0.25) is 0 Å². The molecule has 0 aliphatic heterocycles. The fraction of sp³-hybridized carbons (Fsp3) is 0. The van der Waals surface area contributed by atoms with Crippen LogP contribution in [0.25, 0.3) is 0 Å². The maximum atomic E-state index is 12.1. The largest absolute Gasteiger partial charge is 0.507 e. The van der Waals surface area contributed by atoms with Crippen LogP contribution >= 0.6 is 0 Å². The standard InChI is InChI=1S/C14H10O3/c15-11-6-8-12(13(16)9-7-11)14(17)10-4-2-1-3-5-10/h1-9,16H. The van der Waals surface area contributed by atoms with Crippen LogP contribution in [0.4, 0.5) is 0 Å². The first-order chi connectivity index (χ1) is 8.18. The van der Waals surface area contributed by atoms with E-state index in [-0.39, 0.29) is 22.5 Å². The van der Waals surface area contributed by atoms with E-state index in [1.165, 1.54) is 24.3 Å². The molecule has 1 N–H and O–H groups in total. The van der Waals surface area contributed by atoms with Crippen LogP contribution in [0.3, 0.4) is 0 Å². The predicted molar refractivity (Wildman–Crippen MR) is 64.3 cm³/mol. The molecule has 0 atom stereocenters. The van der Waals surface area contributed by atoms with E-state index in [9.17, 15) is 14.7 Å². The lowest BCUT2D eigenvalue weighted by molar-refractivity contribution is 0.103. The van der Waals surface area contributed by atoms with Crippen molar-refractivity contribution >= 4 is 5.78 Å². The summed E-state index contributed by atoms with van der Waals surface area (Å²) in [5.74, 6) is -0.500. The zero-order valence-electron chi connectivity index (χ0n) is 8.96. The van der Waals surface area contributed by atoms with Gasteiger partial charge in [-0.15, -0.1) is 0 Å². The summed E-state index contributed by atoms with van der Waals surface area (Å²) >= 11 is 0. The summed E-state index contributed by atoms with van der Waals surface area (Å²) in [4.78, 5) is 23.2. The molecule has 0 bridgehead atoms. The first-order valence-electron chi connectivity index (χ1n) is 5.11. The highest BCUT2D eigenvalue weighted by atomic mass is 16.3. The van der Waals surface area contributed by atoms with Crippen LogP contribution in [-0.2, 0) is 0 Å². The molecule has 2 rings (SSSR count). The Kier molecular flexibility index (Phi) is 3.01. The van der Waals surface area contributed by atoms with Crippen molar-refractivity contribution in [3.8, 4) is 5.75 Å². The average Bonchev–Trinajstić information content (AvgIpc) is 2.52. The molecule has 0 saturated carbocycles. The Balaban J connectivity index is 2.53.